The van der Waals surface area contributed by atoms with E-state index in [9.17, 15) is 18.3 Å². The third kappa shape index (κ3) is 5.49. The summed E-state index contributed by atoms with van der Waals surface area (Å²) in [6.45, 7) is 0.224. The molecule has 3 N–H and O–H groups in total. The number of amides is 1. The summed E-state index contributed by atoms with van der Waals surface area (Å²) >= 11 is 9.31. The van der Waals surface area contributed by atoms with Gasteiger partial charge in [0.2, 0.25) is 0 Å². The second kappa shape index (κ2) is 9.59. The van der Waals surface area contributed by atoms with E-state index >= 15 is 0 Å². The number of hydrogen-bond acceptors (Lipinski definition) is 5. The molecule has 3 rings (SSSR count). The average Bonchev–Trinajstić information content (AvgIpc) is 2.74. The van der Waals surface area contributed by atoms with Gasteiger partial charge in [-0.2, -0.15) is 0 Å². The standard InChI is InChI=1S/C21H18BrClN2O5S/c1-30-18-8-7-14(22)9-19(18)31(28,29)25-17-11-15(23)10-16(20(17)26)21(27)24-12-13-5-3-2-4-6-13/h2-11,25-26H,12H2,1H3,(H,24,27). The molecular formula is C21H18BrClN2O5S. The Hall–Kier alpha value is -2.75. The van der Waals surface area contributed by atoms with Crippen molar-refractivity contribution in [2.24, 2.45) is 0 Å². The predicted molar refractivity (Wildman–Crippen MR) is 122 cm³/mol. The van der Waals surface area contributed by atoms with E-state index in [1.807, 2.05) is 30.3 Å². The first-order valence-corrected chi connectivity index (χ1v) is 11.6. The van der Waals surface area contributed by atoms with E-state index in [0.717, 1.165) is 5.56 Å². The minimum Gasteiger partial charge on any atom is -0.505 e. The van der Waals surface area contributed by atoms with E-state index in [1.54, 1.807) is 6.07 Å². The number of phenolic OH excluding ortho intramolecular Hbond substituents is 1. The highest BCUT2D eigenvalue weighted by Gasteiger charge is 2.24. The van der Waals surface area contributed by atoms with Gasteiger partial charge < -0.3 is 15.2 Å². The number of phenols is 1. The van der Waals surface area contributed by atoms with E-state index in [0.29, 0.717) is 4.47 Å². The van der Waals surface area contributed by atoms with Gasteiger partial charge in [-0.25, -0.2) is 8.42 Å². The summed E-state index contributed by atoms with van der Waals surface area (Å²) in [6, 6.07) is 16.1. The highest BCUT2D eigenvalue weighted by molar-refractivity contribution is 9.10. The predicted octanol–water partition coefficient (Wildman–Crippen LogP) is 4.55. The van der Waals surface area contributed by atoms with Crippen molar-refractivity contribution in [3.8, 4) is 11.5 Å². The van der Waals surface area contributed by atoms with Gasteiger partial charge in [-0.05, 0) is 35.9 Å². The van der Waals surface area contributed by atoms with Gasteiger partial charge in [-0.3, -0.25) is 9.52 Å². The number of carbonyl (C=O) groups is 1. The fraction of sp³-hybridized carbons (Fsp3) is 0.0952. The lowest BCUT2D eigenvalue weighted by atomic mass is 10.1. The number of rotatable bonds is 7. The smallest absolute Gasteiger partial charge is 0.265 e. The van der Waals surface area contributed by atoms with Gasteiger partial charge in [-0.1, -0.05) is 57.9 Å². The molecule has 3 aromatic rings. The molecule has 1 amide bonds. The lowest BCUT2D eigenvalue weighted by Crippen LogP contribution is -2.23. The van der Waals surface area contributed by atoms with Crippen molar-refractivity contribution in [2.45, 2.75) is 11.4 Å². The van der Waals surface area contributed by atoms with E-state index in [4.69, 9.17) is 16.3 Å². The van der Waals surface area contributed by atoms with Crippen molar-refractivity contribution < 1.29 is 23.1 Å². The second-order valence-electron chi connectivity index (χ2n) is 6.42. The summed E-state index contributed by atoms with van der Waals surface area (Å²) in [5.74, 6) is -1.05. The van der Waals surface area contributed by atoms with Crippen LogP contribution in [0.3, 0.4) is 0 Å². The van der Waals surface area contributed by atoms with Crippen LogP contribution in [0, 0.1) is 0 Å². The van der Waals surface area contributed by atoms with Crippen LogP contribution in [-0.4, -0.2) is 26.5 Å². The summed E-state index contributed by atoms with van der Waals surface area (Å²) in [6.07, 6.45) is 0. The molecule has 3 aromatic carbocycles. The summed E-state index contributed by atoms with van der Waals surface area (Å²) in [5, 5.41) is 13.3. The molecule has 0 bridgehead atoms. The summed E-state index contributed by atoms with van der Waals surface area (Å²) in [4.78, 5) is 12.4. The van der Waals surface area contributed by atoms with Gasteiger partial charge >= 0.3 is 0 Å². The van der Waals surface area contributed by atoms with Crippen LogP contribution in [0.5, 0.6) is 11.5 Å². The van der Waals surface area contributed by atoms with Gasteiger partial charge in [0.25, 0.3) is 15.9 Å². The number of aromatic hydroxyl groups is 1. The molecule has 0 saturated carbocycles. The number of halogens is 2. The van der Waals surface area contributed by atoms with Gasteiger partial charge in [0.1, 0.15) is 10.6 Å². The van der Waals surface area contributed by atoms with Crippen LogP contribution in [0.25, 0.3) is 0 Å². The largest absolute Gasteiger partial charge is 0.505 e. The molecule has 0 radical (unpaired) electrons. The van der Waals surface area contributed by atoms with Crippen molar-refractivity contribution in [3.63, 3.8) is 0 Å². The minimum absolute atomic E-state index is 0.0709. The second-order valence-corrected chi connectivity index (χ2v) is 9.42. The Labute approximate surface area is 193 Å². The maximum atomic E-state index is 12.9. The maximum Gasteiger partial charge on any atom is 0.265 e. The number of anilines is 1. The molecular weight excluding hydrogens is 508 g/mol. The van der Waals surface area contributed by atoms with Crippen molar-refractivity contribution in [3.05, 3.63) is 81.3 Å². The lowest BCUT2D eigenvalue weighted by molar-refractivity contribution is 0.0948. The molecule has 0 unspecified atom stereocenters. The molecule has 31 heavy (non-hydrogen) atoms. The Morgan fingerprint density at radius 3 is 2.52 bits per heavy atom. The Morgan fingerprint density at radius 1 is 1.13 bits per heavy atom. The van der Waals surface area contributed by atoms with E-state index in [-0.39, 0.29) is 33.5 Å². The van der Waals surface area contributed by atoms with Crippen LogP contribution in [0.1, 0.15) is 15.9 Å². The topological polar surface area (TPSA) is 105 Å². The van der Waals surface area contributed by atoms with Crippen molar-refractivity contribution >= 4 is 49.1 Å². The molecule has 0 spiro atoms. The highest BCUT2D eigenvalue weighted by atomic mass is 79.9. The zero-order chi connectivity index (χ0) is 22.6. The maximum absolute atomic E-state index is 12.9. The Balaban J connectivity index is 1.90. The number of benzene rings is 3. The Morgan fingerprint density at radius 2 is 1.84 bits per heavy atom. The lowest BCUT2D eigenvalue weighted by Gasteiger charge is -2.15. The van der Waals surface area contributed by atoms with Crippen LogP contribution < -0.4 is 14.8 Å². The van der Waals surface area contributed by atoms with Gasteiger partial charge in [0.15, 0.2) is 5.75 Å². The van der Waals surface area contributed by atoms with Crippen LogP contribution >= 0.6 is 27.5 Å². The number of carbonyl (C=O) groups excluding carboxylic acids is 1. The van der Waals surface area contributed by atoms with Crippen molar-refractivity contribution in [1.29, 1.82) is 0 Å². The third-order valence-corrected chi connectivity index (χ3v) is 6.37. The number of hydrogen-bond donors (Lipinski definition) is 3. The fourth-order valence-corrected chi connectivity index (χ4v) is 4.77. The van der Waals surface area contributed by atoms with E-state index < -0.39 is 21.7 Å². The fourth-order valence-electron chi connectivity index (χ4n) is 2.78. The summed E-state index contributed by atoms with van der Waals surface area (Å²) in [5.41, 5.74) is 0.460. The first kappa shape index (κ1) is 22.9. The molecule has 0 atom stereocenters. The van der Waals surface area contributed by atoms with Gasteiger partial charge in [0.05, 0.1) is 18.4 Å². The molecule has 0 aliphatic rings. The summed E-state index contributed by atoms with van der Waals surface area (Å²) < 4.78 is 33.8. The van der Waals surface area contributed by atoms with Crippen LogP contribution in [-0.2, 0) is 16.6 Å². The first-order chi connectivity index (χ1) is 14.7. The minimum atomic E-state index is -4.17. The molecule has 162 valence electrons. The Kier molecular flexibility index (Phi) is 7.09. The average molecular weight is 526 g/mol. The van der Waals surface area contributed by atoms with E-state index in [2.05, 4.69) is 26.0 Å². The molecule has 0 aliphatic carbocycles. The van der Waals surface area contributed by atoms with E-state index in [1.165, 1.54) is 31.4 Å². The molecule has 0 fully saturated rings. The zero-order valence-electron chi connectivity index (χ0n) is 16.2. The van der Waals surface area contributed by atoms with Crippen molar-refractivity contribution in [2.75, 3.05) is 11.8 Å². The molecule has 0 aliphatic heterocycles. The highest BCUT2D eigenvalue weighted by Crippen LogP contribution is 2.35. The SMILES string of the molecule is COc1ccc(Br)cc1S(=O)(=O)Nc1cc(Cl)cc(C(=O)NCc2ccccc2)c1O. The van der Waals surface area contributed by atoms with Gasteiger partial charge in [-0.15, -0.1) is 0 Å². The molecule has 0 saturated heterocycles. The first-order valence-electron chi connectivity index (χ1n) is 8.92. The normalized spacial score (nSPS) is 11.1. The van der Waals surface area contributed by atoms with Crippen LogP contribution in [0.4, 0.5) is 5.69 Å². The molecule has 0 heterocycles. The zero-order valence-corrected chi connectivity index (χ0v) is 19.4. The Bertz CT molecular complexity index is 1220. The number of ether oxygens (including phenoxy) is 1. The molecule has 10 heteroatoms. The van der Waals surface area contributed by atoms with Gasteiger partial charge in [0, 0.05) is 16.0 Å². The van der Waals surface area contributed by atoms with Crippen LogP contribution in [0.2, 0.25) is 5.02 Å². The molecule has 0 aromatic heterocycles. The number of sulfonamides is 1. The number of methoxy groups -OCH3 is 1. The third-order valence-electron chi connectivity index (χ3n) is 4.27. The quantitative estimate of drug-likeness (QED) is 0.393. The monoisotopic (exact) mass is 524 g/mol. The van der Waals surface area contributed by atoms with Crippen molar-refractivity contribution in [1.82, 2.24) is 5.32 Å². The summed E-state index contributed by atoms with van der Waals surface area (Å²) in [7, 11) is -2.83. The van der Waals surface area contributed by atoms with Crippen LogP contribution in [0.15, 0.2) is 70.0 Å². The number of nitrogens with one attached hydrogen (secondary N) is 2. The molecule has 7 nitrogen and oxygen atoms in total.